The molecule has 5 heteroatoms. The van der Waals surface area contributed by atoms with Gasteiger partial charge in [0.15, 0.2) is 0 Å². The van der Waals surface area contributed by atoms with Gasteiger partial charge in [0.1, 0.15) is 0 Å². The molecule has 1 aliphatic heterocycles. The zero-order valence-electron chi connectivity index (χ0n) is 14.9. The molecule has 1 amide bonds. The van der Waals surface area contributed by atoms with Gasteiger partial charge in [-0.3, -0.25) is 4.79 Å². The summed E-state index contributed by atoms with van der Waals surface area (Å²) < 4.78 is 0. The third-order valence-corrected chi connectivity index (χ3v) is 5.70. The van der Waals surface area contributed by atoms with Gasteiger partial charge in [-0.15, -0.1) is 12.4 Å². The average molecular weight is 391 g/mol. The summed E-state index contributed by atoms with van der Waals surface area (Å²) in [7, 11) is 0. The first kappa shape index (κ1) is 20.8. The Balaban J connectivity index is 0.00000243. The van der Waals surface area contributed by atoms with Crippen molar-refractivity contribution in [3.05, 3.63) is 71.8 Å². The van der Waals surface area contributed by atoms with Gasteiger partial charge in [0, 0.05) is 43.0 Å². The molecule has 1 aliphatic rings. The number of hydrogen-bond acceptors (Lipinski definition) is 3. The van der Waals surface area contributed by atoms with Crippen LogP contribution in [0.4, 0.5) is 0 Å². The maximum atomic E-state index is 12.3. The number of hydrogen-bond donors (Lipinski definition) is 2. The van der Waals surface area contributed by atoms with Crippen molar-refractivity contribution in [2.45, 2.75) is 24.8 Å². The van der Waals surface area contributed by atoms with Crippen LogP contribution in [0.25, 0.3) is 0 Å². The first-order chi connectivity index (χ1) is 12.3. The SMILES string of the molecule is Cl.O=C(CC1CSCCN1)NCC(Cc1ccccc1)c1ccccc1. The fraction of sp³-hybridized carbons (Fsp3) is 0.381. The third-order valence-electron chi connectivity index (χ3n) is 4.57. The normalized spacial score (nSPS) is 17.8. The van der Waals surface area contributed by atoms with Crippen molar-refractivity contribution in [2.24, 2.45) is 0 Å². The smallest absolute Gasteiger partial charge is 0.221 e. The van der Waals surface area contributed by atoms with Gasteiger partial charge in [-0.2, -0.15) is 11.8 Å². The predicted octanol–water partition coefficient (Wildman–Crippen LogP) is 3.65. The van der Waals surface area contributed by atoms with Crippen molar-refractivity contribution < 1.29 is 4.79 Å². The molecule has 2 aromatic rings. The molecule has 0 radical (unpaired) electrons. The van der Waals surface area contributed by atoms with E-state index < -0.39 is 0 Å². The molecule has 2 N–H and O–H groups in total. The number of nitrogens with one attached hydrogen (secondary N) is 2. The molecule has 0 bridgehead atoms. The van der Waals surface area contributed by atoms with E-state index in [0.717, 1.165) is 24.5 Å². The van der Waals surface area contributed by atoms with Crippen molar-refractivity contribution in [2.75, 3.05) is 24.6 Å². The van der Waals surface area contributed by atoms with Crippen LogP contribution in [-0.2, 0) is 11.2 Å². The fourth-order valence-electron chi connectivity index (χ4n) is 3.22. The zero-order valence-corrected chi connectivity index (χ0v) is 16.5. The summed E-state index contributed by atoms with van der Waals surface area (Å²) in [5.74, 6) is 2.61. The molecular weight excluding hydrogens is 364 g/mol. The van der Waals surface area contributed by atoms with Crippen molar-refractivity contribution in [3.63, 3.8) is 0 Å². The van der Waals surface area contributed by atoms with Crippen LogP contribution in [0.15, 0.2) is 60.7 Å². The first-order valence-corrected chi connectivity index (χ1v) is 10.1. The number of benzene rings is 2. The molecule has 3 nitrogen and oxygen atoms in total. The van der Waals surface area contributed by atoms with E-state index in [2.05, 4.69) is 59.2 Å². The quantitative estimate of drug-likeness (QED) is 0.758. The van der Waals surface area contributed by atoms with Crippen molar-refractivity contribution >= 4 is 30.1 Å². The second-order valence-corrected chi connectivity index (χ2v) is 7.68. The molecule has 140 valence electrons. The molecule has 0 aromatic heterocycles. The molecule has 0 aliphatic carbocycles. The van der Waals surface area contributed by atoms with E-state index in [1.165, 1.54) is 11.1 Å². The van der Waals surface area contributed by atoms with Crippen LogP contribution in [-0.4, -0.2) is 36.5 Å². The van der Waals surface area contributed by atoms with E-state index in [-0.39, 0.29) is 18.3 Å². The summed E-state index contributed by atoms with van der Waals surface area (Å²) in [6.45, 7) is 1.68. The van der Waals surface area contributed by atoms with Gasteiger partial charge in [-0.1, -0.05) is 60.7 Å². The summed E-state index contributed by atoms with van der Waals surface area (Å²) in [6.07, 6.45) is 1.50. The number of carbonyl (C=O) groups excluding carboxylic acids is 1. The fourth-order valence-corrected chi connectivity index (χ4v) is 4.16. The molecule has 0 saturated carbocycles. The lowest BCUT2D eigenvalue weighted by Gasteiger charge is -2.23. The maximum absolute atomic E-state index is 12.3. The van der Waals surface area contributed by atoms with Gasteiger partial charge in [0.2, 0.25) is 5.91 Å². The number of carbonyl (C=O) groups is 1. The predicted molar refractivity (Wildman–Crippen MR) is 113 cm³/mol. The van der Waals surface area contributed by atoms with E-state index in [4.69, 9.17) is 0 Å². The Morgan fingerprint density at radius 2 is 1.81 bits per heavy atom. The summed E-state index contributed by atoms with van der Waals surface area (Å²) >= 11 is 1.93. The molecule has 2 unspecified atom stereocenters. The molecule has 2 atom stereocenters. The minimum absolute atomic E-state index is 0. The van der Waals surface area contributed by atoms with Crippen LogP contribution < -0.4 is 10.6 Å². The zero-order chi connectivity index (χ0) is 17.3. The second-order valence-electron chi connectivity index (χ2n) is 6.53. The molecule has 3 rings (SSSR count). The maximum Gasteiger partial charge on any atom is 0.221 e. The molecular formula is C21H27ClN2OS. The van der Waals surface area contributed by atoms with Crippen LogP contribution in [0.1, 0.15) is 23.5 Å². The minimum Gasteiger partial charge on any atom is -0.355 e. The first-order valence-electron chi connectivity index (χ1n) is 8.98. The van der Waals surface area contributed by atoms with Gasteiger partial charge < -0.3 is 10.6 Å². The van der Waals surface area contributed by atoms with Crippen LogP contribution in [0, 0.1) is 0 Å². The summed E-state index contributed by atoms with van der Waals surface area (Å²) in [4.78, 5) is 12.3. The van der Waals surface area contributed by atoms with E-state index in [9.17, 15) is 4.79 Å². The van der Waals surface area contributed by atoms with Gasteiger partial charge in [-0.25, -0.2) is 0 Å². The lowest BCUT2D eigenvalue weighted by Crippen LogP contribution is -2.42. The third kappa shape index (κ3) is 6.67. The van der Waals surface area contributed by atoms with E-state index in [1.807, 2.05) is 23.9 Å². The number of amides is 1. The van der Waals surface area contributed by atoms with Crippen LogP contribution in [0.3, 0.4) is 0 Å². The molecule has 0 spiro atoms. The molecule has 26 heavy (non-hydrogen) atoms. The highest BCUT2D eigenvalue weighted by Crippen LogP contribution is 2.20. The largest absolute Gasteiger partial charge is 0.355 e. The van der Waals surface area contributed by atoms with E-state index in [0.29, 0.717) is 24.9 Å². The van der Waals surface area contributed by atoms with Crippen molar-refractivity contribution in [1.82, 2.24) is 10.6 Å². The molecule has 1 saturated heterocycles. The number of halogens is 1. The Morgan fingerprint density at radius 1 is 1.12 bits per heavy atom. The summed E-state index contributed by atoms with van der Waals surface area (Å²) in [5, 5.41) is 6.59. The second kappa shape index (κ2) is 11.3. The topological polar surface area (TPSA) is 41.1 Å². The Morgan fingerprint density at radius 3 is 2.46 bits per heavy atom. The van der Waals surface area contributed by atoms with E-state index in [1.54, 1.807) is 0 Å². The van der Waals surface area contributed by atoms with Crippen LogP contribution in [0.5, 0.6) is 0 Å². The number of thioether (sulfide) groups is 1. The monoisotopic (exact) mass is 390 g/mol. The Hall–Kier alpha value is -1.49. The highest BCUT2D eigenvalue weighted by atomic mass is 35.5. The minimum atomic E-state index is 0. The van der Waals surface area contributed by atoms with Crippen LogP contribution in [0.2, 0.25) is 0 Å². The van der Waals surface area contributed by atoms with Gasteiger partial charge in [0.05, 0.1) is 0 Å². The lowest BCUT2D eigenvalue weighted by molar-refractivity contribution is -0.121. The van der Waals surface area contributed by atoms with Crippen molar-refractivity contribution in [3.8, 4) is 0 Å². The van der Waals surface area contributed by atoms with Gasteiger partial charge in [-0.05, 0) is 17.5 Å². The summed E-state index contributed by atoms with van der Waals surface area (Å²) in [5.41, 5.74) is 2.58. The van der Waals surface area contributed by atoms with Crippen molar-refractivity contribution in [1.29, 1.82) is 0 Å². The Bertz CT molecular complexity index is 648. The van der Waals surface area contributed by atoms with Crippen LogP contribution >= 0.6 is 24.2 Å². The Labute approximate surface area is 166 Å². The number of rotatable bonds is 7. The highest BCUT2D eigenvalue weighted by molar-refractivity contribution is 7.99. The highest BCUT2D eigenvalue weighted by Gasteiger charge is 2.18. The Kier molecular flexibility index (Phi) is 9.02. The standard InChI is InChI=1S/C21H26N2OS.ClH/c24-21(14-20-16-25-12-11-22-20)23-15-19(18-9-5-2-6-10-18)13-17-7-3-1-4-8-17;/h1-10,19-20,22H,11-16H2,(H,23,24);1H. The van der Waals surface area contributed by atoms with Gasteiger partial charge in [0.25, 0.3) is 0 Å². The lowest BCUT2D eigenvalue weighted by atomic mass is 9.92. The molecule has 1 fully saturated rings. The van der Waals surface area contributed by atoms with E-state index >= 15 is 0 Å². The average Bonchev–Trinajstić information content (AvgIpc) is 2.67. The molecule has 2 aromatic carbocycles. The molecule has 1 heterocycles. The van der Waals surface area contributed by atoms with Gasteiger partial charge >= 0.3 is 0 Å². The summed E-state index contributed by atoms with van der Waals surface area (Å²) in [6, 6.07) is 21.3.